The number of carbonyl (C=O) groups is 2. The molecular weight excluding hydrogens is 340 g/mol. The van der Waals surface area contributed by atoms with Gasteiger partial charge in [-0.3, -0.25) is 0 Å². The third-order valence-electron chi connectivity index (χ3n) is 4.52. The van der Waals surface area contributed by atoms with E-state index in [1.807, 2.05) is 17.9 Å². The number of carbonyl (C=O) groups excluding carboxylic acids is 2. The van der Waals surface area contributed by atoms with Gasteiger partial charge in [-0.15, -0.1) is 0 Å². The molecule has 1 atom stereocenters. The van der Waals surface area contributed by atoms with Crippen LogP contribution in [0.25, 0.3) is 0 Å². The normalized spacial score (nSPS) is 20.2. The quantitative estimate of drug-likeness (QED) is 0.653. The molecule has 7 heteroatoms. The molecule has 1 aliphatic carbocycles. The molecule has 1 aromatic rings. The van der Waals surface area contributed by atoms with Crippen molar-refractivity contribution in [3.63, 3.8) is 0 Å². The zero-order valence-electron chi connectivity index (χ0n) is 14.4. The summed E-state index contributed by atoms with van der Waals surface area (Å²) >= 11 is 5.52. The number of hydrogen-bond acceptors (Lipinski definition) is 5. The van der Waals surface area contributed by atoms with Crippen LogP contribution in [0, 0.1) is 0 Å². The van der Waals surface area contributed by atoms with Crippen LogP contribution in [0.15, 0.2) is 35.5 Å². The van der Waals surface area contributed by atoms with E-state index < -0.39 is 18.0 Å². The highest BCUT2D eigenvalue weighted by Gasteiger charge is 2.41. The number of rotatable bonds is 4. The van der Waals surface area contributed by atoms with E-state index in [1.54, 1.807) is 18.2 Å². The standard InChI is InChI=1S/C18H20N2O4S/c1-10-14(17(22)24-3)15(19-18(25)20(10)11-8-9-11)12-6-4-5-7-13(12)16(21)23-2/h4-7,11,15H,8-9H2,1-3H3,(H,19,25). The van der Waals surface area contributed by atoms with Crippen LogP contribution in [0.5, 0.6) is 0 Å². The van der Waals surface area contributed by atoms with Gasteiger partial charge in [-0.1, -0.05) is 18.2 Å². The average Bonchev–Trinajstić information content (AvgIpc) is 3.45. The molecule has 0 bridgehead atoms. The Labute approximate surface area is 151 Å². The molecule has 25 heavy (non-hydrogen) atoms. The van der Waals surface area contributed by atoms with Crippen LogP contribution in [0.1, 0.15) is 41.7 Å². The van der Waals surface area contributed by atoms with Gasteiger partial charge in [-0.25, -0.2) is 9.59 Å². The summed E-state index contributed by atoms with van der Waals surface area (Å²) in [4.78, 5) is 26.6. The highest BCUT2D eigenvalue weighted by molar-refractivity contribution is 7.80. The monoisotopic (exact) mass is 360 g/mol. The van der Waals surface area contributed by atoms with Crippen molar-refractivity contribution in [3.8, 4) is 0 Å². The zero-order chi connectivity index (χ0) is 18.1. The van der Waals surface area contributed by atoms with Crippen molar-refractivity contribution in [1.82, 2.24) is 10.2 Å². The van der Waals surface area contributed by atoms with Gasteiger partial charge in [0.1, 0.15) is 0 Å². The van der Waals surface area contributed by atoms with Crippen molar-refractivity contribution in [2.24, 2.45) is 0 Å². The first-order chi connectivity index (χ1) is 12.0. The third-order valence-corrected chi connectivity index (χ3v) is 4.84. The Bertz CT molecular complexity index is 770. The Morgan fingerprint density at radius 3 is 2.40 bits per heavy atom. The minimum Gasteiger partial charge on any atom is -0.466 e. The van der Waals surface area contributed by atoms with E-state index >= 15 is 0 Å². The third kappa shape index (κ3) is 3.11. The SMILES string of the molecule is COC(=O)C1=C(C)N(C2CC2)C(=S)NC1c1ccccc1C(=O)OC. The van der Waals surface area contributed by atoms with Crippen LogP contribution in [0.4, 0.5) is 0 Å². The van der Waals surface area contributed by atoms with E-state index in [9.17, 15) is 9.59 Å². The molecule has 1 fully saturated rings. The van der Waals surface area contributed by atoms with Crippen molar-refractivity contribution < 1.29 is 19.1 Å². The van der Waals surface area contributed by atoms with Crippen LogP contribution < -0.4 is 5.32 Å². The van der Waals surface area contributed by atoms with Gasteiger partial charge < -0.3 is 19.7 Å². The van der Waals surface area contributed by atoms with Crippen LogP contribution in [-0.2, 0) is 14.3 Å². The predicted molar refractivity (Wildman–Crippen MR) is 95.8 cm³/mol. The van der Waals surface area contributed by atoms with E-state index in [1.165, 1.54) is 14.2 Å². The van der Waals surface area contributed by atoms with Gasteiger partial charge in [0.25, 0.3) is 0 Å². The lowest BCUT2D eigenvalue weighted by molar-refractivity contribution is -0.136. The van der Waals surface area contributed by atoms with Crippen LogP contribution in [0.3, 0.4) is 0 Å². The minimum absolute atomic E-state index is 0.316. The predicted octanol–water partition coefficient (Wildman–Crippen LogP) is 2.31. The molecule has 3 rings (SSSR count). The van der Waals surface area contributed by atoms with Crippen molar-refractivity contribution in [1.29, 1.82) is 0 Å². The average molecular weight is 360 g/mol. The van der Waals surface area contributed by atoms with E-state index in [0.29, 0.717) is 27.9 Å². The fourth-order valence-electron chi connectivity index (χ4n) is 3.18. The highest BCUT2D eigenvalue weighted by Crippen LogP contribution is 2.38. The maximum atomic E-state index is 12.5. The smallest absolute Gasteiger partial charge is 0.338 e. The maximum absolute atomic E-state index is 12.5. The second-order valence-electron chi connectivity index (χ2n) is 6.05. The Kier molecular flexibility index (Phi) is 4.76. The fraction of sp³-hybridized carbons (Fsp3) is 0.389. The lowest BCUT2D eigenvalue weighted by Crippen LogP contribution is -2.49. The fourth-order valence-corrected chi connectivity index (χ4v) is 3.59. The number of allylic oxidation sites excluding steroid dienone is 1. The Morgan fingerprint density at radius 2 is 1.80 bits per heavy atom. The summed E-state index contributed by atoms with van der Waals surface area (Å²) in [6.45, 7) is 1.87. The molecule has 1 aromatic carbocycles. The summed E-state index contributed by atoms with van der Waals surface area (Å²) in [6.07, 6.45) is 2.08. The molecular formula is C18H20N2O4S. The van der Waals surface area contributed by atoms with Crippen molar-refractivity contribution in [2.45, 2.75) is 31.8 Å². The number of hydrogen-bond donors (Lipinski definition) is 1. The van der Waals surface area contributed by atoms with Crippen molar-refractivity contribution in [3.05, 3.63) is 46.7 Å². The number of ether oxygens (including phenoxy) is 2. The van der Waals surface area contributed by atoms with Gasteiger partial charge in [-0.05, 0) is 43.6 Å². The molecule has 132 valence electrons. The van der Waals surface area contributed by atoms with E-state index in [-0.39, 0.29) is 0 Å². The summed E-state index contributed by atoms with van der Waals surface area (Å²) < 4.78 is 9.87. The topological polar surface area (TPSA) is 67.9 Å². The van der Waals surface area contributed by atoms with Gasteiger partial charge in [0.15, 0.2) is 5.11 Å². The molecule has 0 spiro atoms. The minimum atomic E-state index is -0.565. The van der Waals surface area contributed by atoms with Gasteiger partial charge in [0.05, 0.1) is 31.4 Å². The Hall–Kier alpha value is -2.41. The molecule has 0 amide bonds. The van der Waals surface area contributed by atoms with Crippen molar-refractivity contribution >= 4 is 29.3 Å². The summed E-state index contributed by atoms with van der Waals surface area (Å²) in [6, 6.07) is 6.77. The number of methoxy groups -OCH3 is 2. The Morgan fingerprint density at radius 1 is 1.16 bits per heavy atom. The van der Waals surface area contributed by atoms with Crippen molar-refractivity contribution in [2.75, 3.05) is 14.2 Å². The lowest BCUT2D eigenvalue weighted by Gasteiger charge is -2.38. The van der Waals surface area contributed by atoms with Gasteiger partial charge in [0, 0.05) is 11.7 Å². The first-order valence-electron chi connectivity index (χ1n) is 8.05. The second kappa shape index (κ2) is 6.84. The first-order valence-corrected chi connectivity index (χ1v) is 8.46. The maximum Gasteiger partial charge on any atom is 0.338 e. The van der Waals surface area contributed by atoms with E-state index in [4.69, 9.17) is 21.7 Å². The van der Waals surface area contributed by atoms with Crippen LogP contribution in [-0.4, -0.2) is 42.2 Å². The summed E-state index contributed by atoms with van der Waals surface area (Å²) in [5.41, 5.74) is 2.24. The number of nitrogens with zero attached hydrogens (tertiary/aromatic N) is 1. The molecule has 0 saturated heterocycles. The van der Waals surface area contributed by atoms with E-state index in [0.717, 1.165) is 18.5 Å². The molecule has 0 aromatic heterocycles. The van der Waals surface area contributed by atoms with Gasteiger partial charge in [0.2, 0.25) is 0 Å². The van der Waals surface area contributed by atoms with Gasteiger partial charge in [-0.2, -0.15) is 0 Å². The van der Waals surface area contributed by atoms with Gasteiger partial charge >= 0.3 is 11.9 Å². The molecule has 1 unspecified atom stereocenters. The number of nitrogens with one attached hydrogen (secondary N) is 1. The van der Waals surface area contributed by atoms with Crippen LogP contribution in [0.2, 0.25) is 0 Å². The summed E-state index contributed by atoms with van der Waals surface area (Å²) in [5.74, 6) is -0.905. The molecule has 1 aliphatic heterocycles. The summed E-state index contributed by atoms with van der Waals surface area (Å²) in [7, 11) is 2.68. The molecule has 6 nitrogen and oxygen atoms in total. The molecule has 2 aliphatic rings. The first kappa shape index (κ1) is 17.4. The lowest BCUT2D eigenvalue weighted by atomic mass is 9.91. The number of thiocarbonyl (C=S) groups is 1. The number of esters is 2. The zero-order valence-corrected chi connectivity index (χ0v) is 15.2. The highest BCUT2D eigenvalue weighted by atomic mass is 32.1. The molecule has 1 saturated carbocycles. The molecule has 0 radical (unpaired) electrons. The Balaban J connectivity index is 2.13. The number of benzene rings is 1. The van der Waals surface area contributed by atoms with Crippen LogP contribution >= 0.6 is 12.2 Å². The largest absolute Gasteiger partial charge is 0.466 e. The summed E-state index contributed by atoms with van der Waals surface area (Å²) in [5, 5.41) is 3.76. The van der Waals surface area contributed by atoms with E-state index in [2.05, 4.69) is 5.32 Å². The molecule has 1 N–H and O–H groups in total. The molecule has 1 heterocycles. The second-order valence-corrected chi connectivity index (χ2v) is 6.44.